The largest absolute Gasteiger partial charge is 0.378 e. The molecule has 8 heteroatoms. The van der Waals surface area contributed by atoms with Crippen LogP contribution in [0.4, 0.5) is 20.6 Å². The number of anilines is 2. The number of carbonyl (C=O) groups is 1. The molecule has 1 aromatic carbocycles. The topological polar surface area (TPSA) is 62.1 Å². The number of rotatable bonds is 3. The Balaban J connectivity index is 1.56. The Hall–Kier alpha value is -3.13. The van der Waals surface area contributed by atoms with E-state index in [1.54, 1.807) is 11.0 Å². The first-order valence-corrected chi connectivity index (χ1v) is 11.2. The predicted molar refractivity (Wildman–Crippen MR) is 123 cm³/mol. The number of likely N-dealkylation sites (tertiary alicyclic amines) is 1. The maximum absolute atomic E-state index is 14.7. The third kappa shape index (κ3) is 3.90. The van der Waals surface area contributed by atoms with Gasteiger partial charge < -0.3 is 24.3 Å². The van der Waals surface area contributed by atoms with Crippen molar-refractivity contribution in [2.45, 2.75) is 26.7 Å². The van der Waals surface area contributed by atoms with E-state index in [0.717, 1.165) is 59.7 Å². The van der Waals surface area contributed by atoms with Gasteiger partial charge in [0.25, 0.3) is 0 Å². The third-order valence-electron chi connectivity index (χ3n) is 6.26. The van der Waals surface area contributed by atoms with E-state index in [1.807, 2.05) is 30.6 Å². The van der Waals surface area contributed by atoms with E-state index in [0.29, 0.717) is 26.3 Å². The smallest absolute Gasteiger partial charge is 0.321 e. The van der Waals surface area contributed by atoms with Gasteiger partial charge in [-0.15, -0.1) is 0 Å². The lowest BCUT2D eigenvalue weighted by Gasteiger charge is -2.29. The van der Waals surface area contributed by atoms with E-state index in [2.05, 4.69) is 16.3 Å². The number of benzene rings is 1. The molecule has 7 nitrogen and oxygen atoms in total. The van der Waals surface area contributed by atoms with E-state index in [9.17, 15) is 9.18 Å². The van der Waals surface area contributed by atoms with Crippen molar-refractivity contribution in [2.24, 2.45) is 0 Å². The van der Waals surface area contributed by atoms with E-state index in [1.165, 1.54) is 6.07 Å². The minimum atomic E-state index is -0.424. The molecule has 0 unspecified atom stereocenters. The molecule has 0 bridgehead atoms. The molecule has 2 amide bonds. The molecular weight excluding hydrogens is 409 g/mol. The zero-order valence-electron chi connectivity index (χ0n) is 18.5. The summed E-state index contributed by atoms with van der Waals surface area (Å²) in [5.41, 5.74) is 5.71. The van der Waals surface area contributed by atoms with Gasteiger partial charge in [-0.2, -0.15) is 0 Å². The SMILES string of the molecule is Cc1cn2cc(-c3cc(NC(=O)N4CCCC4)c(F)cc3C)cc(N3CCOCC3)c2n1. The van der Waals surface area contributed by atoms with Gasteiger partial charge >= 0.3 is 6.03 Å². The normalized spacial score (nSPS) is 16.7. The number of urea groups is 1. The van der Waals surface area contributed by atoms with Crippen molar-refractivity contribution in [2.75, 3.05) is 49.6 Å². The molecular formula is C24H28FN5O2. The van der Waals surface area contributed by atoms with Gasteiger partial charge in [-0.25, -0.2) is 14.2 Å². The number of pyridine rings is 1. The van der Waals surface area contributed by atoms with Crippen LogP contribution in [0, 0.1) is 19.7 Å². The summed E-state index contributed by atoms with van der Waals surface area (Å²) in [5.74, 6) is -0.424. The Morgan fingerprint density at radius 1 is 1.06 bits per heavy atom. The molecule has 5 rings (SSSR count). The molecule has 32 heavy (non-hydrogen) atoms. The van der Waals surface area contributed by atoms with Gasteiger partial charge in [0.15, 0.2) is 5.65 Å². The first kappa shape index (κ1) is 20.8. The molecule has 4 heterocycles. The monoisotopic (exact) mass is 437 g/mol. The summed E-state index contributed by atoms with van der Waals surface area (Å²) in [5, 5.41) is 2.77. The Labute approximate surface area is 186 Å². The highest BCUT2D eigenvalue weighted by atomic mass is 19.1. The number of amides is 2. The number of aryl methyl sites for hydroxylation is 2. The molecule has 3 aromatic rings. The molecule has 2 fully saturated rings. The second-order valence-corrected chi connectivity index (χ2v) is 8.60. The van der Waals surface area contributed by atoms with Gasteiger partial charge in [0, 0.05) is 44.1 Å². The molecule has 2 aromatic heterocycles. The van der Waals surface area contributed by atoms with Crippen LogP contribution < -0.4 is 10.2 Å². The van der Waals surface area contributed by atoms with Crippen LogP contribution in [0.2, 0.25) is 0 Å². The molecule has 2 saturated heterocycles. The van der Waals surface area contributed by atoms with Crippen molar-refractivity contribution >= 4 is 23.1 Å². The highest BCUT2D eigenvalue weighted by Gasteiger charge is 2.21. The van der Waals surface area contributed by atoms with Gasteiger partial charge in [0.05, 0.1) is 30.3 Å². The molecule has 0 atom stereocenters. The second kappa shape index (κ2) is 8.43. The number of aromatic nitrogens is 2. The van der Waals surface area contributed by atoms with Gasteiger partial charge in [-0.05, 0) is 56.0 Å². The number of nitrogens with one attached hydrogen (secondary N) is 1. The van der Waals surface area contributed by atoms with Crippen LogP contribution in [0.15, 0.2) is 30.6 Å². The minimum Gasteiger partial charge on any atom is -0.378 e. The first-order chi connectivity index (χ1) is 15.5. The fraction of sp³-hybridized carbons (Fsp3) is 0.417. The van der Waals surface area contributed by atoms with Crippen LogP contribution in [0.5, 0.6) is 0 Å². The van der Waals surface area contributed by atoms with Gasteiger partial charge in [0.2, 0.25) is 0 Å². The number of morpholine rings is 1. The summed E-state index contributed by atoms with van der Waals surface area (Å²) in [6.45, 7) is 8.25. The summed E-state index contributed by atoms with van der Waals surface area (Å²) in [6, 6.07) is 5.10. The summed E-state index contributed by atoms with van der Waals surface area (Å²) < 4.78 is 22.3. The first-order valence-electron chi connectivity index (χ1n) is 11.2. The lowest BCUT2D eigenvalue weighted by Crippen LogP contribution is -2.36. The minimum absolute atomic E-state index is 0.206. The zero-order valence-corrected chi connectivity index (χ0v) is 18.5. The number of nitrogens with zero attached hydrogens (tertiary/aromatic N) is 4. The fourth-order valence-corrected chi connectivity index (χ4v) is 4.58. The van der Waals surface area contributed by atoms with E-state index >= 15 is 0 Å². The number of fused-ring (bicyclic) bond motifs is 1. The summed E-state index contributed by atoms with van der Waals surface area (Å²) in [7, 11) is 0. The molecule has 0 aliphatic carbocycles. The maximum atomic E-state index is 14.7. The van der Waals surface area contributed by atoms with Gasteiger partial charge in [-0.3, -0.25) is 0 Å². The van der Waals surface area contributed by atoms with E-state index in [-0.39, 0.29) is 11.7 Å². The molecule has 2 aliphatic rings. The Bertz CT molecular complexity index is 1160. The van der Waals surface area contributed by atoms with Crippen LogP contribution in [0.3, 0.4) is 0 Å². The lowest BCUT2D eigenvalue weighted by molar-refractivity contribution is 0.123. The average molecular weight is 438 g/mol. The highest BCUT2D eigenvalue weighted by molar-refractivity contribution is 5.91. The second-order valence-electron chi connectivity index (χ2n) is 8.60. The summed E-state index contributed by atoms with van der Waals surface area (Å²) in [6.07, 6.45) is 6.00. The maximum Gasteiger partial charge on any atom is 0.321 e. The van der Waals surface area contributed by atoms with Crippen molar-refractivity contribution in [3.05, 3.63) is 47.7 Å². The number of hydrogen-bond acceptors (Lipinski definition) is 4. The van der Waals surface area contributed by atoms with Gasteiger partial charge in [-0.1, -0.05) is 0 Å². The van der Waals surface area contributed by atoms with E-state index in [4.69, 9.17) is 9.72 Å². The molecule has 0 radical (unpaired) electrons. The van der Waals surface area contributed by atoms with Crippen LogP contribution in [-0.2, 0) is 4.74 Å². The molecule has 0 spiro atoms. The number of imidazole rings is 1. The fourth-order valence-electron chi connectivity index (χ4n) is 4.58. The van der Waals surface area contributed by atoms with Crippen molar-refractivity contribution in [3.63, 3.8) is 0 Å². The van der Waals surface area contributed by atoms with Crippen molar-refractivity contribution in [1.82, 2.24) is 14.3 Å². The number of carbonyl (C=O) groups excluding carboxylic acids is 1. The van der Waals surface area contributed by atoms with Crippen LogP contribution in [0.1, 0.15) is 24.1 Å². The summed E-state index contributed by atoms with van der Waals surface area (Å²) in [4.78, 5) is 21.3. The predicted octanol–water partition coefficient (Wildman–Crippen LogP) is 4.22. The van der Waals surface area contributed by atoms with Crippen LogP contribution in [0.25, 0.3) is 16.8 Å². The quantitative estimate of drug-likeness (QED) is 0.667. The van der Waals surface area contributed by atoms with Crippen molar-refractivity contribution in [1.29, 1.82) is 0 Å². The van der Waals surface area contributed by atoms with Crippen LogP contribution >= 0.6 is 0 Å². The molecule has 2 aliphatic heterocycles. The molecule has 0 saturated carbocycles. The average Bonchev–Trinajstić information content (AvgIpc) is 3.44. The standard InChI is InChI=1S/C24H28FN5O2/c1-16-11-20(25)21(27-24(31)29-5-3-4-6-29)13-19(16)18-12-22(28-7-9-32-10-8-28)23-26-17(2)14-30(23)15-18/h11-15H,3-10H2,1-2H3,(H,27,31). The number of halogens is 1. The van der Waals surface area contributed by atoms with Crippen molar-refractivity contribution < 1.29 is 13.9 Å². The van der Waals surface area contributed by atoms with Gasteiger partial charge in [0.1, 0.15) is 5.82 Å². The lowest BCUT2D eigenvalue weighted by atomic mass is 10.00. The number of ether oxygens (including phenoxy) is 1. The van der Waals surface area contributed by atoms with Crippen molar-refractivity contribution in [3.8, 4) is 11.1 Å². The van der Waals surface area contributed by atoms with Crippen LogP contribution in [-0.4, -0.2) is 59.7 Å². The van der Waals surface area contributed by atoms with E-state index < -0.39 is 5.82 Å². The summed E-state index contributed by atoms with van der Waals surface area (Å²) >= 11 is 0. The Kier molecular flexibility index (Phi) is 5.46. The Morgan fingerprint density at radius 3 is 2.56 bits per heavy atom. The highest BCUT2D eigenvalue weighted by Crippen LogP contribution is 2.34. The third-order valence-corrected chi connectivity index (χ3v) is 6.26. The molecule has 168 valence electrons. The zero-order chi connectivity index (χ0) is 22.2. The number of hydrogen-bond donors (Lipinski definition) is 1. The Morgan fingerprint density at radius 2 is 1.81 bits per heavy atom. The molecule has 1 N–H and O–H groups in total.